The molecule has 0 aliphatic rings. The van der Waals surface area contributed by atoms with E-state index in [1.165, 1.54) is 24.1 Å². The molecule has 42 heavy (non-hydrogen) atoms. The maximum absolute atomic E-state index is 13.2. The largest absolute Gasteiger partial charge is 0.465 e. The fraction of sp³-hybridized carbons (Fsp3) is 0.0303. The van der Waals surface area contributed by atoms with E-state index in [1.54, 1.807) is 72.9 Å². The number of rotatable bonds is 10. The van der Waals surface area contributed by atoms with E-state index in [0.717, 1.165) is 10.5 Å². The lowest BCUT2D eigenvalue weighted by Gasteiger charge is -2.17. The lowest BCUT2D eigenvalue weighted by atomic mass is 10.1. The molecule has 1 unspecified atom stereocenters. The summed E-state index contributed by atoms with van der Waals surface area (Å²) in [6.45, 7) is 0. The molecule has 0 saturated carbocycles. The topological polar surface area (TPSA) is 113 Å². The van der Waals surface area contributed by atoms with Crippen LogP contribution in [0.4, 0.5) is 11.5 Å². The lowest BCUT2D eigenvalue weighted by Crippen LogP contribution is -2.30. The van der Waals surface area contributed by atoms with Crippen LogP contribution in [0.15, 0.2) is 143 Å². The first-order valence-corrected chi connectivity index (χ1v) is 13.9. The first-order chi connectivity index (χ1) is 20.5. The molecule has 2 heterocycles. The third-order valence-corrected chi connectivity index (χ3v) is 7.25. The summed E-state index contributed by atoms with van der Waals surface area (Å²) in [5.74, 6) is -0.264. The van der Waals surface area contributed by atoms with Crippen LogP contribution in [0.25, 0.3) is 6.08 Å². The Morgan fingerprint density at radius 3 is 2.14 bits per heavy atom. The average Bonchev–Trinajstić information content (AvgIpc) is 3.55. The predicted molar refractivity (Wildman–Crippen MR) is 164 cm³/mol. The summed E-state index contributed by atoms with van der Waals surface area (Å²) < 4.78 is 5.35. The second-order valence-electron chi connectivity index (χ2n) is 8.98. The number of furan rings is 1. The van der Waals surface area contributed by atoms with Crippen molar-refractivity contribution in [1.82, 2.24) is 10.3 Å². The number of amides is 3. The number of thioether (sulfide) groups is 1. The van der Waals surface area contributed by atoms with Gasteiger partial charge in [0.2, 0.25) is 5.91 Å². The second kappa shape index (κ2) is 13.8. The number of hydrogen-bond acceptors (Lipinski definition) is 6. The molecule has 0 aliphatic carbocycles. The van der Waals surface area contributed by atoms with Gasteiger partial charge in [0.15, 0.2) is 0 Å². The van der Waals surface area contributed by atoms with Gasteiger partial charge < -0.3 is 20.4 Å². The molecule has 1 atom stereocenters. The number of pyridine rings is 1. The molecule has 5 rings (SSSR count). The van der Waals surface area contributed by atoms with Crippen molar-refractivity contribution in [2.45, 2.75) is 10.1 Å². The zero-order valence-corrected chi connectivity index (χ0v) is 23.1. The number of benzene rings is 3. The highest BCUT2D eigenvalue weighted by Gasteiger charge is 2.23. The Bertz CT molecular complexity index is 1660. The van der Waals surface area contributed by atoms with Crippen LogP contribution >= 0.6 is 11.8 Å². The molecule has 3 N–H and O–H groups in total. The molecule has 0 spiro atoms. The van der Waals surface area contributed by atoms with Crippen LogP contribution in [0, 0.1) is 0 Å². The summed E-state index contributed by atoms with van der Waals surface area (Å²) in [6.07, 6.45) is 4.57. The number of carbonyl (C=O) groups is 3. The van der Waals surface area contributed by atoms with Crippen LogP contribution in [0.1, 0.15) is 26.9 Å². The molecular weight excluding hydrogens is 548 g/mol. The molecule has 0 fully saturated rings. The molecule has 208 valence electrons. The van der Waals surface area contributed by atoms with Crippen LogP contribution in [-0.4, -0.2) is 22.7 Å². The molecule has 3 aromatic carbocycles. The Morgan fingerprint density at radius 2 is 1.48 bits per heavy atom. The normalized spacial score (nSPS) is 11.8. The van der Waals surface area contributed by atoms with E-state index in [9.17, 15) is 14.4 Å². The lowest BCUT2D eigenvalue weighted by molar-refractivity contribution is -0.116. The zero-order chi connectivity index (χ0) is 29.1. The number of aromatic nitrogens is 1. The minimum Gasteiger partial charge on any atom is -0.465 e. The van der Waals surface area contributed by atoms with Gasteiger partial charge in [-0.2, -0.15) is 0 Å². The molecule has 9 heteroatoms. The van der Waals surface area contributed by atoms with Crippen molar-refractivity contribution in [3.63, 3.8) is 0 Å². The molecule has 8 nitrogen and oxygen atoms in total. The van der Waals surface area contributed by atoms with E-state index in [4.69, 9.17) is 4.42 Å². The van der Waals surface area contributed by atoms with E-state index < -0.39 is 17.1 Å². The maximum Gasteiger partial charge on any atom is 0.272 e. The number of nitrogens with one attached hydrogen (secondary N) is 3. The van der Waals surface area contributed by atoms with E-state index in [2.05, 4.69) is 20.9 Å². The summed E-state index contributed by atoms with van der Waals surface area (Å²) in [4.78, 5) is 44.3. The fourth-order valence-corrected chi connectivity index (χ4v) is 4.96. The molecule has 3 amide bonds. The molecule has 0 radical (unpaired) electrons. The Labute approximate surface area is 246 Å². The van der Waals surface area contributed by atoms with Gasteiger partial charge in [-0.05, 0) is 66.2 Å². The number of carbonyl (C=O) groups excluding carboxylic acids is 3. The Kier molecular flexibility index (Phi) is 9.23. The average molecular weight is 575 g/mol. The van der Waals surface area contributed by atoms with Crippen LogP contribution in [0.5, 0.6) is 0 Å². The third kappa shape index (κ3) is 7.61. The highest BCUT2D eigenvalue weighted by Crippen LogP contribution is 2.36. The monoisotopic (exact) mass is 574 g/mol. The van der Waals surface area contributed by atoms with Crippen molar-refractivity contribution in [2.24, 2.45) is 0 Å². The van der Waals surface area contributed by atoms with Gasteiger partial charge in [0.05, 0.1) is 6.26 Å². The zero-order valence-electron chi connectivity index (χ0n) is 22.3. The van der Waals surface area contributed by atoms with Crippen molar-refractivity contribution in [3.8, 4) is 0 Å². The summed E-state index contributed by atoms with van der Waals surface area (Å²) >= 11 is 1.38. The quantitative estimate of drug-likeness (QED) is 0.129. The fourth-order valence-electron chi connectivity index (χ4n) is 3.94. The Morgan fingerprint density at radius 1 is 0.762 bits per heavy atom. The molecule has 0 aliphatic heterocycles. The molecule has 2 aromatic heterocycles. The first kappa shape index (κ1) is 28.1. The third-order valence-electron chi connectivity index (χ3n) is 5.98. The Hall–Kier alpha value is -5.41. The Balaban J connectivity index is 1.30. The second-order valence-corrected chi connectivity index (χ2v) is 10.2. The number of anilines is 2. The summed E-state index contributed by atoms with van der Waals surface area (Å²) in [6, 6.07) is 33.9. The van der Waals surface area contributed by atoms with Crippen molar-refractivity contribution in [2.75, 3.05) is 10.6 Å². The summed E-state index contributed by atoms with van der Waals surface area (Å²) in [5, 5.41) is 7.84. The highest BCUT2D eigenvalue weighted by molar-refractivity contribution is 8.00. The minimum absolute atomic E-state index is 0.0209. The van der Waals surface area contributed by atoms with E-state index in [1.807, 2.05) is 48.5 Å². The predicted octanol–water partition coefficient (Wildman–Crippen LogP) is 6.56. The standard InChI is InChI=1S/C33H26N4O4S/c38-31(24-12-5-2-6-13-24)36-28(22-26-14-9-21-41-26)32(39)35-25-16-18-27(19-17-25)42-30(23-10-3-1-4-11-23)33(40)37-29-15-7-8-20-34-29/h1-22,30H,(H,35,39)(H,36,38)(H,34,37,40)/b28-22-. The molecular formula is C33H26N4O4S. The van der Waals surface area contributed by atoms with Gasteiger partial charge in [0.1, 0.15) is 22.5 Å². The molecule has 5 aromatic rings. The molecule has 0 bridgehead atoms. The van der Waals surface area contributed by atoms with Gasteiger partial charge >= 0.3 is 0 Å². The van der Waals surface area contributed by atoms with Crippen molar-refractivity contribution in [3.05, 3.63) is 150 Å². The van der Waals surface area contributed by atoms with E-state index in [0.29, 0.717) is 22.8 Å². The summed E-state index contributed by atoms with van der Waals surface area (Å²) in [7, 11) is 0. The minimum atomic E-state index is -0.537. The SMILES string of the molecule is O=C(Nc1ccc(SC(C(=O)Nc2ccccn2)c2ccccc2)cc1)/C(=C/c1ccco1)NC(=O)c1ccccc1. The summed E-state index contributed by atoms with van der Waals surface area (Å²) in [5.41, 5.74) is 1.79. The van der Waals surface area contributed by atoms with Gasteiger partial charge in [-0.25, -0.2) is 4.98 Å². The number of hydrogen-bond donors (Lipinski definition) is 3. The van der Waals surface area contributed by atoms with Crippen molar-refractivity contribution < 1.29 is 18.8 Å². The number of nitrogens with zero attached hydrogens (tertiary/aromatic N) is 1. The van der Waals surface area contributed by atoms with Crippen molar-refractivity contribution >= 4 is 47.1 Å². The van der Waals surface area contributed by atoms with Crippen LogP contribution < -0.4 is 16.0 Å². The first-order valence-electron chi connectivity index (χ1n) is 13.0. The van der Waals surface area contributed by atoms with Crippen molar-refractivity contribution in [1.29, 1.82) is 0 Å². The molecule has 0 saturated heterocycles. The van der Waals surface area contributed by atoms with Gasteiger partial charge in [-0.3, -0.25) is 14.4 Å². The van der Waals surface area contributed by atoms with Crippen LogP contribution in [0.2, 0.25) is 0 Å². The van der Waals surface area contributed by atoms with Gasteiger partial charge in [0.25, 0.3) is 11.8 Å². The van der Waals surface area contributed by atoms with E-state index in [-0.39, 0.29) is 11.6 Å². The highest BCUT2D eigenvalue weighted by atomic mass is 32.2. The van der Waals surface area contributed by atoms with Gasteiger partial charge in [-0.1, -0.05) is 54.6 Å². The maximum atomic E-state index is 13.2. The van der Waals surface area contributed by atoms with E-state index >= 15 is 0 Å². The van der Waals surface area contributed by atoms with Gasteiger partial charge in [-0.15, -0.1) is 11.8 Å². The van der Waals surface area contributed by atoms with Gasteiger partial charge in [0, 0.05) is 28.4 Å². The smallest absolute Gasteiger partial charge is 0.272 e. The van der Waals surface area contributed by atoms with Crippen LogP contribution in [0.3, 0.4) is 0 Å². The van der Waals surface area contributed by atoms with Crippen LogP contribution in [-0.2, 0) is 9.59 Å².